The van der Waals surface area contributed by atoms with Crippen molar-refractivity contribution < 1.29 is 13.2 Å². The Hall–Kier alpha value is -2.78. The first-order valence-electron chi connectivity index (χ1n) is 9.18. The molecule has 0 fully saturated rings. The second kappa shape index (κ2) is 9.36. The first kappa shape index (κ1) is 21.9. The Bertz CT molecular complexity index is 1140. The summed E-state index contributed by atoms with van der Waals surface area (Å²) in [5.41, 5.74) is 1.71. The number of nitrogens with zero attached hydrogens (tertiary/aromatic N) is 3. The predicted molar refractivity (Wildman–Crippen MR) is 119 cm³/mol. The number of benzene rings is 2. The summed E-state index contributed by atoms with van der Waals surface area (Å²) in [4.78, 5) is 23.0. The number of carbonyl (C=O) groups excluding carboxylic acids is 1. The Kier molecular flexibility index (Phi) is 6.84. The van der Waals surface area contributed by atoms with Crippen LogP contribution in [0.5, 0.6) is 0 Å². The summed E-state index contributed by atoms with van der Waals surface area (Å²) in [5, 5.41) is 0. The Morgan fingerprint density at radius 2 is 1.77 bits per heavy atom. The standard InChI is InChI=1S/C21H21BrN4O3S/c1-15-19(20(27)25-30(28,29)18-10-8-17(22)9-11-18)14-23-21(24-15)26(2)13-12-16-6-4-3-5-7-16/h3-11,14H,12-13H2,1-2H3,(H,25,27). The molecule has 2 aromatic carbocycles. The van der Waals surface area contributed by atoms with Gasteiger partial charge in [0.1, 0.15) is 0 Å². The highest BCUT2D eigenvalue weighted by Crippen LogP contribution is 2.16. The number of nitrogens with one attached hydrogen (secondary N) is 1. The summed E-state index contributed by atoms with van der Waals surface area (Å²) in [6.07, 6.45) is 2.18. The number of sulfonamides is 1. The summed E-state index contributed by atoms with van der Waals surface area (Å²) < 4.78 is 27.7. The van der Waals surface area contributed by atoms with Crippen molar-refractivity contribution in [2.45, 2.75) is 18.2 Å². The third kappa shape index (κ3) is 5.43. The van der Waals surface area contributed by atoms with Crippen LogP contribution in [0.2, 0.25) is 0 Å². The minimum absolute atomic E-state index is 0.00473. The highest BCUT2D eigenvalue weighted by molar-refractivity contribution is 9.10. The third-order valence-corrected chi connectivity index (χ3v) is 6.36. The maximum Gasteiger partial charge on any atom is 0.268 e. The molecule has 9 heteroatoms. The molecule has 1 aromatic heterocycles. The number of aryl methyl sites for hydroxylation is 1. The lowest BCUT2D eigenvalue weighted by atomic mass is 10.1. The van der Waals surface area contributed by atoms with Crippen LogP contribution >= 0.6 is 15.9 Å². The summed E-state index contributed by atoms with van der Waals surface area (Å²) in [7, 11) is -2.12. The van der Waals surface area contributed by atoms with Crippen molar-refractivity contribution in [3.8, 4) is 0 Å². The van der Waals surface area contributed by atoms with E-state index in [1.54, 1.807) is 19.1 Å². The van der Waals surface area contributed by atoms with Crippen molar-refractivity contribution in [3.63, 3.8) is 0 Å². The van der Waals surface area contributed by atoms with E-state index in [1.165, 1.54) is 23.9 Å². The van der Waals surface area contributed by atoms with Gasteiger partial charge in [-0.1, -0.05) is 46.3 Å². The summed E-state index contributed by atoms with van der Waals surface area (Å²) in [5.74, 6) is -0.301. The molecule has 0 saturated carbocycles. The van der Waals surface area contributed by atoms with Crippen molar-refractivity contribution in [2.75, 3.05) is 18.5 Å². The smallest absolute Gasteiger partial charge is 0.268 e. The molecule has 0 aliphatic carbocycles. The van der Waals surface area contributed by atoms with Gasteiger partial charge in [-0.05, 0) is 43.2 Å². The molecule has 0 aliphatic rings. The molecular formula is C21H21BrN4O3S. The van der Waals surface area contributed by atoms with Crippen molar-refractivity contribution in [3.05, 3.63) is 82.1 Å². The van der Waals surface area contributed by atoms with E-state index in [0.29, 0.717) is 18.2 Å². The van der Waals surface area contributed by atoms with Crippen LogP contribution in [0, 0.1) is 6.92 Å². The molecular weight excluding hydrogens is 468 g/mol. The van der Waals surface area contributed by atoms with E-state index in [0.717, 1.165) is 10.9 Å². The largest absolute Gasteiger partial charge is 0.344 e. The molecule has 30 heavy (non-hydrogen) atoms. The number of hydrogen-bond donors (Lipinski definition) is 1. The minimum Gasteiger partial charge on any atom is -0.344 e. The topological polar surface area (TPSA) is 92.3 Å². The van der Waals surface area contributed by atoms with Gasteiger partial charge in [-0.3, -0.25) is 4.79 Å². The predicted octanol–water partition coefficient (Wildman–Crippen LogP) is 3.35. The molecule has 0 aliphatic heterocycles. The van der Waals surface area contributed by atoms with Gasteiger partial charge in [-0.25, -0.2) is 23.1 Å². The van der Waals surface area contributed by atoms with Gasteiger partial charge in [0.25, 0.3) is 15.9 Å². The van der Waals surface area contributed by atoms with E-state index >= 15 is 0 Å². The van der Waals surface area contributed by atoms with E-state index in [9.17, 15) is 13.2 Å². The molecule has 0 unspecified atom stereocenters. The zero-order valence-corrected chi connectivity index (χ0v) is 18.9. The monoisotopic (exact) mass is 488 g/mol. The van der Waals surface area contributed by atoms with Gasteiger partial charge in [-0.15, -0.1) is 0 Å². The molecule has 3 rings (SSSR count). The van der Waals surface area contributed by atoms with Crippen LogP contribution in [0.3, 0.4) is 0 Å². The SMILES string of the molecule is Cc1nc(N(C)CCc2ccccc2)ncc1C(=O)NS(=O)(=O)c1ccc(Br)cc1. The molecule has 7 nitrogen and oxygen atoms in total. The molecule has 1 amide bonds. The van der Waals surface area contributed by atoms with Gasteiger partial charge in [0, 0.05) is 24.3 Å². The number of carbonyl (C=O) groups is 1. The van der Waals surface area contributed by atoms with E-state index in [-0.39, 0.29) is 10.5 Å². The highest BCUT2D eigenvalue weighted by Gasteiger charge is 2.21. The van der Waals surface area contributed by atoms with Gasteiger partial charge in [0.15, 0.2) is 0 Å². The molecule has 0 bridgehead atoms. The summed E-state index contributed by atoms with van der Waals surface area (Å²) in [6, 6.07) is 16.1. The van der Waals surface area contributed by atoms with Crippen molar-refractivity contribution in [1.29, 1.82) is 0 Å². The van der Waals surface area contributed by atoms with Gasteiger partial charge >= 0.3 is 0 Å². The fourth-order valence-electron chi connectivity index (χ4n) is 2.75. The Morgan fingerprint density at radius 1 is 1.10 bits per heavy atom. The number of rotatable bonds is 7. The number of likely N-dealkylation sites (N-methyl/N-ethyl adjacent to an activating group) is 1. The minimum atomic E-state index is -3.99. The normalized spacial score (nSPS) is 11.2. The maximum atomic E-state index is 12.5. The Morgan fingerprint density at radius 3 is 2.40 bits per heavy atom. The fourth-order valence-corrected chi connectivity index (χ4v) is 3.98. The van der Waals surface area contributed by atoms with Crippen LogP contribution in [0.15, 0.2) is 70.2 Å². The maximum absolute atomic E-state index is 12.5. The van der Waals surface area contributed by atoms with Crippen molar-refractivity contribution in [2.24, 2.45) is 0 Å². The quantitative estimate of drug-likeness (QED) is 0.548. The van der Waals surface area contributed by atoms with E-state index in [2.05, 4.69) is 42.8 Å². The van der Waals surface area contributed by atoms with Gasteiger partial charge in [-0.2, -0.15) is 0 Å². The Labute approximate surface area is 184 Å². The summed E-state index contributed by atoms with van der Waals surface area (Å²) in [6.45, 7) is 2.35. The summed E-state index contributed by atoms with van der Waals surface area (Å²) >= 11 is 3.25. The van der Waals surface area contributed by atoms with Crippen LogP contribution in [0.1, 0.15) is 21.6 Å². The van der Waals surface area contributed by atoms with E-state index in [4.69, 9.17) is 0 Å². The number of halogens is 1. The fraction of sp³-hybridized carbons (Fsp3) is 0.190. The van der Waals surface area contributed by atoms with Gasteiger partial charge < -0.3 is 4.90 Å². The lowest BCUT2D eigenvalue weighted by Crippen LogP contribution is -2.31. The van der Waals surface area contributed by atoms with Crippen LogP contribution in [-0.4, -0.2) is 37.9 Å². The zero-order valence-electron chi connectivity index (χ0n) is 16.5. The number of anilines is 1. The Balaban J connectivity index is 1.69. The average Bonchev–Trinajstić information content (AvgIpc) is 2.72. The van der Waals surface area contributed by atoms with Crippen LogP contribution in [0.25, 0.3) is 0 Å². The highest BCUT2D eigenvalue weighted by atomic mass is 79.9. The number of amides is 1. The second-order valence-electron chi connectivity index (χ2n) is 6.71. The zero-order chi connectivity index (χ0) is 21.7. The van der Waals surface area contributed by atoms with Crippen molar-refractivity contribution in [1.82, 2.24) is 14.7 Å². The molecule has 156 valence electrons. The molecule has 0 atom stereocenters. The lowest BCUT2D eigenvalue weighted by molar-refractivity contribution is 0.0980. The number of aromatic nitrogens is 2. The van der Waals surface area contributed by atoms with Crippen LogP contribution in [-0.2, 0) is 16.4 Å². The van der Waals surface area contributed by atoms with E-state index in [1.807, 2.05) is 30.1 Å². The molecule has 0 saturated heterocycles. The number of hydrogen-bond acceptors (Lipinski definition) is 6. The van der Waals surface area contributed by atoms with Gasteiger partial charge in [0.05, 0.1) is 16.2 Å². The molecule has 0 spiro atoms. The molecule has 0 radical (unpaired) electrons. The lowest BCUT2D eigenvalue weighted by Gasteiger charge is -2.18. The van der Waals surface area contributed by atoms with Crippen LogP contribution in [0.4, 0.5) is 5.95 Å². The average molecular weight is 489 g/mol. The first-order chi connectivity index (χ1) is 14.3. The molecule has 1 N–H and O–H groups in total. The first-order valence-corrected chi connectivity index (χ1v) is 11.5. The molecule has 1 heterocycles. The van der Waals surface area contributed by atoms with Crippen LogP contribution < -0.4 is 9.62 Å². The molecule has 3 aromatic rings. The van der Waals surface area contributed by atoms with E-state index < -0.39 is 15.9 Å². The van der Waals surface area contributed by atoms with Gasteiger partial charge in [0.2, 0.25) is 5.95 Å². The third-order valence-electron chi connectivity index (χ3n) is 4.48. The second-order valence-corrected chi connectivity index (χ2v) is 9.31. The van der Waals surface area contributed by atoms with Crippen molar-refractivity contribution >= 4 is 37.8 Å².